The summed E-state index contributed by atoms with van der Waals surface area (Å²) in [5, 5.41) is 0.395. The van der Waals surface area contributed by atoms with Gasteiger partial charge in [0.1, 0.15) is 6.04 Å². The summed E-state index contributed by atoms with van der Waals surface area (Å²) in [5.74, 6) is -1.55. The van der Waals surface area contributed by atoms with E-state index in [2.05, 4.69) is 0 Å². The average molecular weight is 493 g/mol. The van der Waals surface area contributed by atoms with Crippen LogP contribution in [0.4, 0.5) is 4.79 Å². The van der Waals surface area contributed by atoms with Crippen LogP contribution in [-0.2, 0) is 25.6 Å². The van der Waals surface area contributed by atoms with Gasteiger partial charge in [0.05, 0.1) is 24.2 Å². The monoisotopic (exact) mass is 492 g/mol. The fourth-order valence-corrected chi connectivity index (χ4v) is 4.85. The topological polar surface area (TPSA) is 94.9 Å². The number of imide groups is 1. The summed E-state index contributed by atoms with van der Waals surface area (Å²) in [5.41, 5.74) is 3.07. The van der Waals surface area contributed by atoms with E-state index in [1.54, 1.807) is 31.2 Å². The fraction of sp³-hybridized carbons (Fsp3) is 0.231. The number of hydrogen-bond acceptors (Lipinski definition) is 7. The van der Waals surface area contributed by atoms with E-state index in [1.807, 2.05) is 41.1 Å². The molecule has 0 bridgehead atoms. The third-order valence-electron chi connectivity index (χ3n) is 5.65. The number of hydrogen-bond donors (Lipinski definition) is 0. The Hall–Kier alpha value is -3.85. The molecule has 9 heteroatoms. The van der Waals surface area contributed by atoms with E-state index in [0.717, 1.165) is 38.7 Å². The SMILES string of the molecule is CCOC(=O)[C@H](C)N1C(=O)S/C(=C/c2cn(Cc3cccc(C(=O)OC)c3)c3ccccc23)C1=O. The number of amides is 2. The van der Waals surface area contributed by atoms with Gasteiger partial charge in [-0.05, 0) is 55.4 Å². The molecule has 180 valence electrons. The molecule has 1 atom stereocenters. The number of rotatable bonds is 7. The Morgan fingerprint density at radius 3 is 2.63 bits per heavy atom. The van der Waals surface area contributed by atoms with Crippen molar-refractivity contribution in [3.63, 3.8) is 0 Å². The number of carbonyl (C=O) groups excluding carboxylic acids is 4. The summed E-state index contributed by atoms with van der Waals surface area (Å²) in [4.78, 5) is 50.7. The first kappa shape index (κ1) is 24.3. The van der Waals surface area contributed by atoms with Crippen LogP contribution >= 0.6 is 11.8 Å². The Morgan fingerprint density at radius 2 is 1.89 bits per heavy atom. The van der Waals surface area contributed by atoms with Gasteiger partial charge in [-0.3, -0.25) is 14.5 Å². The van der Waals surface area contributed by atoms with E-state index in [4.69, 9.17) is 9.47 Å². The van der Waals surface area contributed by atoms with Gasteiger partial charge >= 0.3 is 11.9 Å². The molecule has 2 heterocycles. The Morgan fingerprint density at radius 1 is 1.11 bits per heavy atom. The van der Waals surface area contributed by atoms with E-state index in [9.17, 15) is 19.2 Å². The number of aromatic nitrogens is 1. The van der Waals surface area contributed by atoms with E-state index < -0.39 is 29.1 Å². The van der Waals surface area contributed by atoms with Crippen molar-refractivity contribution in [3.8, 4) is 0 Å². The second-order valence-corrected chi connectivity index (χ2v) is 8.89. The second kappa shape index (κ2) is 10.2. The average Bonchev–Trinajstić information content (AvgIpc) is 3.34. The van der Waals surface area contributed by atoms with Gasteiger partial charge in [-0.15, -0.1) is 0 Å². The smallest absolute Gasteiger partial charge is 0.337 e. The van der Waals surface area contributed by atoms with E-state index in [-0.39, 0.29) is 11.5 Å². The normalized spacial score (nSPS) is 15.6. The molecular formula is C26H24N2O6S. The Balaban J connectivity index is 1.67. The molecule has 1 fully saturated rings. The van der Waals surface area contributed by atoms with E-state index in [0.29, 0.717) is 12.1 Å². The molecule has 1 aliphatic heterocycles. The lowest BCUT2D eigenvalue weighted by Crippen LogP contribution is -2.42. The number of carbonyl (C=O) groups is 4. The molecule has 1 aromatic heterocycles. The van der Waals surface area contributed by atoms with Crippen molar-refractivity contribution >= 4 is 51.8 Å². The minimum absolute atomic E-state index is 0.164. The molecule has 4 rings (SSSR count). The zero-order valence-electron chi connectivity index (χ0n) is 19.5. The number of fused-ring (bicyclic) bond motifs is 1. The van der Waals surface area contributed by atoms with Gasteiger partial charge in [-0.2, -0.15) is 0 Å². The van der Waals surface area contributed by atoms with Crippen molar-refractivity contribution in [3.05, 3.63) is 76.3 Å². The Kier molecular flexibility index (Phi) is 7.07. The number of benzene rings is 2. The molecule has 35 heavy (non-hydrogen) atoms. The van der Waals surface area contributed by atoms with E-state index in [1.165, 1.54) is 14.0 Å². The molecule has 3 aromatic rings. The maximum absolute atomic E-state index is 13.0. The summed E-state index contributed by atoms with van der Waals surface area (Å²) in [7, 11) is 1.34. The predicted octanol–water partition coefficient (Wildman–Crippen LogP) is 4.46. The zero-order chi connectivity index (χ0) is 25.1. The van der Waals surface area contributed by atoms with Crippen LogP contribution < -0.4 is 0 Å². The molecule has 1 aliphatic rings. The molecule has 0 spiro atoms. The van der Waals surface area contributed by atoms with Crippen molar-refractivity contribution in [2.24, 2.45) is 0 Å². The number of para-hydroxylation sites is 1. The van der Waals surface area contributed by atoms with Crippen LogP contribution in [0.1, 0.15) is 35.3 Å². The molecule has 0 N–H and O–H groups in total. The lowest BCUT2D eigenvalue weighted by Gasteiger charge is -2.19. The standard InChI is InChI=1S/C26H24N2O6S/c1-4-34-24(30)16(2)28-23(29)22(35-26(28)32)13-19-15-27(21-11-6-5-10-20(19)21)14-17-8-7-9-18(12-17)25(31)33-3/h5-13,15-16H,4,14H2,1-3H3/b22-13+/t16-/m0/s1. The van der Waals surface area contributed by atoms with Gasteiger partial charge in [0.15, 0.2) is 0 Å². The highest BCUT2D eigenvalue weighted by Gasteiger charge is 2.41. The first-order chi connectivity index (χ1) is 16.8. The molecule has 0 radical (unpaired) electrons. The van der Waals surface area contributed by atoms with Gasteiger partial charge < -0.3 is 14.0 Å². The van der Waals surface area contributed by atoms with Gasteiger partial charge in [0.2, 0.25) is 0 Å². The molecule has 0 aliphatic carbocycles. The van der Waals surface area contributed by atoms with Crippen LogP contribution in [0.2, 0.25) is 0 Å². The highest BCUT2D eigenvalue weighted by atomic mass is 32.2. The largest absolute Gasteiger partial charge is 0.465 e. The summed E-state index contributed by atoms with van der Waals surface area (Å²) in [6, 6.07) is 13.9. The maximum Gasteiger partial charge on any atom is 0.337 e. The summed E-state index contributed by atoms with van der Waals surface area (Å²) in [6.07, 6.45) is 3.57. The number of methoxy groups -OCH3 is 1. The molecule has 0 unspecified atom stereocenters. The van der Waals surface area contributed by atoms with Crippen LogP contribution in [0, 0.1) is 0 Å². The number of thioether (sulfide) groups is 1. The first-order valence-electron chi connectivity index (χ1n) is 11.0. The molecule has 8 nitrogen and oxygen atoms in total. The maximum atomic E-state index is 13.0. The lowest BCUT2D eigenvalue weighted by atomic mass is 10.1. The molecule has 2 amide bonds. The van der Waals surface area contributed by atoms with Crippen molar-refractivity contribution in [2.75, 3.05) is 13.7 Å². The highest BCUT2D eigenvalue weighted by Crippen LogP contribution is 2.35. The van der Waals surface area contributed by atoms with Gasteiger partial charge in [0, 0.05) is 29.2 Å². The van der Waals surface area contributed by atoms with E-state index >= 15 is 0 Å². The first-order valence-corrected chi connectivity index (χ1v) is 11.8. The fourth-order valence-electron chi connectivity index (χ4n) is 3.96. The molecule has 1 saturated heterocycles. The van der Waals surface area contributed by atoms with Gasteiger partial charge in [-0.1, -0.05) is 30.3 Å². The number of nitrogens with zero attached hydrogens (tertiary/aromatic N) is 2. The van der Waals surface area contributed by atoms with Crippen molar-refractivity contribution in [1.29, 1.82) is 0 Å². The van der Waals surface area contributed by atoms with Crippen LogP contribution in [0.3, 0.4) is 0 Å². The van der Waals surface area contributed by atoms with Crippen molar-refractivity contribution in [1.82, 2.24) is 9.47 Å². The van der Waals surface area contributed by atoms with Crippen LogP contribution in [0.25, 0.3) is 17.0 Å². The number of ether oxygens (including phenoxy) is 2. The summed E-state index contributed by atoms with van der Waals surface area (Å²) >= 11 is 0.800. The highest BCUT2D eigenvalue weighted by molar-refractivity contribution is 8.18. The zero-order valence-corrected chi connectivity index (χ0v) is 20.3. The summed E-state index contributed by atoms with van der Waals surface area (Å²) < 4.78 is 11.8. The Bertz CT molecular complexity index is 1360. The minimum Gasteiger partial charge on any atom is -0.465 e. The van der Waals surface area contributed by atoms with Gasteiger partial charge in [-0.25, -0.2) is 9.59 Å². The summed E-state index contributed by atoms with van der Waals surface area (Å²) in [6.45, 7) is 3.79. The Labute approximate surface area is 206 Å². The van der Waals surface area contributed by atoms with Crippen LogP contribution in [0.5, 0.6) is 0 Å². The number of esters is 2. The second-order valence-electron chi connectivity index (χ2n) is 7.90. The predicted molar refractivity (Wildman–Crippen MR) is 133 cm³/mol. The lowest BCUT2D eigenvalue weighted by molar-refractivity contribution is -0.150. The quantitative estimate of drug-likeness (QED) is 0.355. The van der Waals surface area contributed by atoms with Crippen molar-refractivity contribution in [2.45, 2.75) is 26.4 Å². The minimum atomic E-state index is -1.00. The molecule has 2 aromatic carbocycles. The van der Waals surface area contributed by atoms with Gasteiger partial charge in [0.25, 0.3) is 11.1 Å². The molecule has 0 saturated carbocycles. The van der Waals surface area contributed by atoms with Crippen LogP contribution in [0.15, 0.2) is 59.6 Å². The van der Waals surface area contributed by atoms with Crippen molar-refractivity contribution < 1.29 is 28.7 Å². The third kappa shape index (κ3) is 4.85. The van der Waals surface area contributed by atoms with Crippen LogP contribution in [-0.4, -0.2) is 52.3 Å². The molecular weight excluding hydrogens is 468 g/mol. The third-order valence-corrected chi connectivity index (χ3v) is 6.53.